The minimum absolute atomic E-state index is 0.0323. The monoisotopic (exact) mass is 432 g/mol. The van der Waals surface area contributed by atoms with E-state index in [1.807, 2.05) is 22.9 Å². The normalized spacial score (nSPS) is 11.9. The highest BCUT2D eigenvalue weighted by Crippen LogP contribution is 2.33. The molecule has 0 aliphatic rings. The molecule has 0 spiro atoms. The fourth-order valence-corrected chi connectivity index (χ4v) is 3.63. The number of carbonyl (C=O) groups is 1. The highest BCUT2D eigenvalue weighted by Gasteiger charge is 2.20. The third-order valence-corrected chi connectivity index (χ3v) is 5.23. The Morgan fingerprint density at radius 2 is 2.03 bits per heavy atom. The van der Waals surface area contributed by atoms with Crippen LogP contribution in [0, 0.1) is 0 Å². The molecule has 2 aromatic carbocycles. The Labute approximate surface area is 180 Å². The highest BCUT2D eigenvalue weighted by molar-refractivity contribution is 6.35. The summed E-state index contributed by atoms with van der Waals surface area (Å²) < 4.78 is 13.0. The van der Waals surface area contributed by atoms with Crippen LogP contribution in [-0.4, -0.2) is 22.6 Å². The first kappa shape index (κ1) is 21.2. The number of benzene rings is 2. The minimum atomic E-state index is -0.416. The number of hydrogen-bond donors (Lipinski definition) is 0. The molecule has 0 radical (unpaired) electrons. The summed E-state index contributed by atoms with van der Waals surface area (Å²) in [7, 11) is 1.36. The maximum Gasteiger partial charge on any atom is 0.337 e. The van der Waals surface area contributed by atoms with Gasteiger partial charge >= 0.3 is 5.97 Å². The number of aromatic nitrogens is 2. The standard InChI is InChI=1S/C22H22Cl2N2O3/c1-3-4-20(26-10-9-25-14-26)18-8-6-15(22(27)28-2)11-21(18)29-13-16-5-7-17(23)12-19(16)24/h5-12,14,20H,3-4,13H2,1-2H3. The predicted molar refractivity (Wildman–Crippen MR) is 114 cm³/mol. The first-order valence-corrected chi connectivity index (χ1v) is 10.1. The molecule has 0 N–H and O–H groups in total. The summed E-state index contributed by atoms with van der Waals surface area (Å²) in [4.78, 5) is 16.2. The number of rotatable bonds is 8. The summed E-state index contributed by atoms with van der Waals surface area (Å²) in [6, 6.07) is 10.7. The van der Waals surface area contributed by atoms with E-state index < -0.39 is 5.97 Å². The number of halogens is 2. The van der Waals surface area contributed by atoms with E-state index in [-0.39, 0.29) is 12.6 Å². The average molecular weight is 433 g/mol. The second-order valence-electron chi connectivity index (χ2n) is 6.58. The summed E-state index contributed by atoms with van der Waals surface area (Å²) in [6.07, 6.45) is 7.33. The van der Waals surface area contributed by atoms with E-state index in [1.165, 1.54) is 7.11 Å². The van der Waals surface area contributed by atoms with Gasteiger partial charge in [0.2, 0.25) is 0 Å². The van der Waals surface area contributed by atoms with Crippen molar-refractivity contribution in [2.45, 2.75) is 32.4 Å². The summed E-state index contributed by atoms with van der Waals surface area (Å²) in [5, 5.41) is 1.10. The molecule has 1 unspecified atom stereocenters. The Morgan fingerprint density at radius 3 is 2.69 bits per heavy atom. The number of carbonyl (C=O) groups excluding carboxylic acids is 1. The number of methoxy groups -OCH3 is 1. The number of nitrogens with zero attached hydrogens (tertiary/aromatic N) is 2. The number of esters is 1. The van der Waals surface area contributed by atoms with Crippen molar-refractivity contribution in [2.24, 2.45) is 0 Å². The van der Waals surface area contributed by atoms with Gasteiger partial charge < -0.3 is 14.0 Å². The van der Waals surface area contributed by atoms with Crippen molar-refractivity contribution in [3.8, 4) is 5.75 Å². The maximum absolute atomic E-state index is 12.0. The summed E-state index contributed by atoms with van der Waals surface area (Å²) in [5.41, 5.74) is 2.19. The Hall–Kier alpha value is -2.50. The highest BCUT2D eigenvalue weighted by atomic mass is 35.5. The van der Waals surface area contributed by atoms with Gasteiger partial charge in [-0.05, 0) is 30.7 Å². The summed E-state index contributed by atoms with van der Waals surface area (Å²) in [6.45, 7) is 2.37. The van der Waals surface area contributed by atoms with E-state index in [0.717, 1.165) is 24.0 Å². The SMILES string of the molecule is CCCC(c1ccc(C(=O)OC)cc1OCc1ccc(Cl)cc1Cl)n1ccnc1. The van der Waals surface area contributed by atoms with Crippen molar-refractivity contribution in [3.63, 3.8) is 0 Å². The smallest absolute Gasteiger partial charge is 0.337 e. The van der Waals surface area contributed by atoms with Gasteiger partial charge in [-0.15, -0.1) is 0 Å². The zero-order chi connectivity index (χ0) is 20.8. The van der Waals surface area contributed by atoms with Crippen LogP contribution in [0.4, 0.5) is 0 Å². The van der Waals surface area contributed by atoms with E-state index >= 15 is 0 Å². The molecule has 0 aliphatic carbocycles. The van der Waals surface area contributed by atoms with Gasteiger partial charge in [0.15, 0.2) is 0 Å². The van der Waals surface area contributed by atoms with Crippen molar-refractivity contribution in [3.05, 3.63) is 81.9 Å². The van der Waals surface area contributed by atoms with Crippen LogP contribution in [0.5, 0.6) is 5.75 Å². The quantitative estimate of drug-likeness (QED) is 0.413. The van der Waals surface area contributed by atoms with Crippen LogP contribution in [0.15, 0.2) is 55.1 Å². The average Bonchev–Trinajstić information content (AvgIpc) is 3.25. The lowest BCUT2D eigenvalue weighted by Gasteiger charge is -2.22. The predicted octanol–water partition coefficient (Wildman–Crippen LogP) is 5.95. The van der Waals surface area contributed by atoms with Gasteiger partial charge in [-0.1, -0.05) is 48.7 Å². The molecule has 0 fully saturated rings. The van der Waals surface area contributed by atoms with Crippen LogP contribution in [0.3, 0.4) is 0 Å². The van der Waals surface area contributed by atoms with Gasteiger partial charge in [-0.2, -0.15) is 0 Å². The summed E-state index contributed by atoms with van der Waals surface area (Å²) >= 11 is 12.3. The fourth-order valence-electron chi connectivity index (χ4n) is 3.17. The second kappa shape index (κ2) is 9.81. The van der Waals surface area contributed by atoms with Gasteiger partial charge in [0.25, 0.3) is 0 Å². The molecule has 1 heterocycles. The maximum atomic E-state index is 12.0. The van der Waals surface area contributed by atoms with E-state index in [4.69, 9.17) is 32.7 Å². The van der Waals surface area contributed by atoms with Crippen LogP contribution in [0.1, 0.15) is 47.3 Å². The zero-order valence-electron chi connectivity index (χ0n) is 16.3. The number of ether oxygens (including phenoxy) is 2. The molecule has 0 saturated carbocycles. The Morgan fingerprint density at radius 1 is 1.21 bits per heavy atom. The molecule has 29 heavy (non-hydrogen) atoms. The van der Waals surface area contributed by atoms with Gasteiger partial charge in [0, 0.05) is 33.6 Å². The third-order valence-electron chi connectivity index (χ3n) is 4.64. The molecule has 7 heteroatoms. The zero-order valence-corrected chi connectivity index (χ0v) is 17.8. The largest absolute Gasteiger partial charge is 0.488 e. The van der Waals surface area contributed by atoms with E-state index in [0.29, 0.717) is 21.4 Å². The molecule has 0 bridgehead atoms. The van der Waals surface area contributed by atoms with Crippen LogP contribution in [0.25, 0.3) is 0 Å². The molecule has 5 nitrogen and oxygen atoms in total. The van der Waals surface area contributed by atoms with Crippen LogP contribution < -0.4 is 4.74 Å². The topological polar surface area (TPSA) is 53.4 Å². The molecule has 0 aliphatic heterocycles. The van der Waals surface area contributed by atoms with Gasteiger partial charge in [-0.3, -0.25) is 0 Å². The Bertz CT molecular complexity index is 974. The second-order valence-corrected chi connectivity index (χ2v) is 7.43. The van der Waals surface area contributed by atoms with E-state index in [2.05, 4.69) is 11.9 Å². The van der Waals surface area contributed by atoms with Gasteiger partial charge in [0.1, 0.15) is 12.4 Å². The van der Waals surface area contributed by atoms with Crippen molar-refractivity contribution in [1.29, 1.82) is 0 Å². The van der Waals surface area contributed by atoms with Crippen molar-refractivity contribution in [2.75, 3.05) is 7.11 Å². The fraction of sp³-hybridized carbons (Fsp3) is 0.273. The molecule has 0 saturated heterocycles. The van der Waals surface area contributed by atoms with Crippen molar-refractivity contribution >= 4 is 29.2 Å². The molecule has 3 aromatic rings. The molecule has 152 valence electrons. The molecular formula is C22H22Cl2N2O3. The van der Waals surface area contributed by atoms with Crippen LogP contribution in [-0.2, 0) is 11.3 Å². The van der Waals surface area contributed by atoms with Crippen LogP contribution in [0.2, 0.25) is 10.0 Å². The number of hydrogen-bond acceptors (Lipinski definition) is 4. The molecule has 0 amide bonds. The lowest BCUT2D eigenvalue weighted by Crippen LogP contribution is -2.12. The van der Waals surface area contributed by atoms with Crippen molar-refractivity contribution in [1.82, 2.24) is 9.55 Å². The molecular weight excluding hydrogens is 411 g/mol. The van der Waals surface area contributed by atoms with Crippen LogP contribution >= 0.6 is 23.2 Å². The summed E-state index contributed by atoms with van der Waals surface area (Å²) in [5.74, 6) is 0.187. The van der Waals surface area contributed by atoms with E-state index in [9.17, 15) is 4.79 Å². The van der Waals surface area contributed by atoms with E-state index in [1.54, 1.807) is 36.8 Å². The molecule has 1 atom stereocenters. The van der Waals surface area contributed by atoms with Crippen molar-refractivity contribution < 1.29 is 14.3 Å². The first-order valence-electron chi connectivity index (χ1n) is 9.30. The molecule has 3 rings (SSSR count). The Balaban J connectivity index is 1.97. The first-order chi connectivity index (χ1) is 14.0. The lowest BCUT2D eigenvalue weighted by molar-refractivity contribution is 0.0600. The lowest BCUT2D eigenvalue weighted by atomic mass is 9.99. The van der Waals surface area contributed by atoms with Gasteiger partial charge in [0.05, 0.1) is 25.0 Å². The Kier molecular flexibility index (Phi) is 7.18. The third kappa shape index (κ3) is 5.11. The minimum Gasteiger partial charge on any atom is -0.488 e. The molecule has 1 aromatic heterocycles. The number of imidazole rings is 1. The van der Waals surface area contributed by atoms with Gasteiger partial charge in [-0.25, -0.2) is 9.78 Å².